The van der Waals surface area contributed by atoms with Crippen LogP contribution in [0.1, 0.15) is 40.8 Å². The summed E-state index contributed by atoms with van der Waals surface area (Å²) in [7, 11) is 1.64. The van der Waals surface area contributed by atoms with Gasteiger partial charge in [-0.05, 0) is 48.6 Å². The molecule has 1 atom stereocenters. The van der Waals surface area contributed by atoms with Crippen molar-refractivity contribution >= 4 is 0 Å². The van der Waals surface area contributed by atoms with Gasteiger partial charge < -0.3 is 9.84 Å². The Morgan fingerprint density at radius 1 is 1.10 bits per heavy atom. The number of hydrogen-bond donors (Lipinski definition) is 1. The van der Waals surface area contributed by atoms with Crippen LogP contribution in [0.4, 0.5) is 0 Å². The number of ether oxygens (including phenoxy) is 1. The maximum Gasteiger partial charge on any atom is 0.125 e. The Hall–Kier alpha value is -1.80. The zero-order valence-electron chi connectivity index (χ0n) is 12.6. The van der Waals surface area contributed by atoms with Gasteiger partial charge in [0.2, 0.25) is 0 Å². The molecule has 2 aromatic carbocycles. The lowest BCUT2D eigenvalue weighted by Gasteiger charge is -2.19. The second-order valence-electron chi connectivity index (χ2n) is 5.20. The van der Waals surface area contributed by atoms with Crippen LogP contribution in [0.5, 0.6) is 5.75 Å². The number of methoxy groups -OCH3 is 1. The number of hydrogen-bond acceptors (Lipinski definition) is 2. The molecule has 0 amide bonds. The average Bonchev–Trinajstić information content (AvgIpc) is 2.46. The Morgan fingerprint density at radius 3 is 2.30 bits per heavy atom. The number of aliphatic hydroxyl groups is 1. The zero-order valence-corrected chi connectivity index (χ0v) is 12.6. The second kappa shape index (κ2) is 6.10. The van der Waals surface area contributed by atoms with Gasteiger partial charge in [-0.3, -0.25) is 0 Å². The largest absolute Gasteiger partial charge is 0.496 e. The molecule has 0 aliphatic carbocycles. The first kappa shape index (κ1) is 14.6. The van der Waals surface area contributed by atoms with Crippen molar-refractivity contribution in [2.24, 2.45) is 0 Å². The summed E-state index contributed by atoms with van der Waals surface area (Å²) in [5, 5.41) is 10.7. The summed E-state index contributed by atoms with van der Waals surface area (Å²) >= 11 is 0. The van der Waals surface area contributed by atoms with Crippen molar-refractivity contribution in [3.63, 3.8) is 0 Å². The van der Waals surface area contributed by atoms with Gasteiger partial charge in [0, 0.05) is 5.56 Å². The standard InChI is InChI=1S/C18H22O2/c1-5-14-6-8-15(9-7-14)18(19)17-13(3)10-12(2)11-16(17)20-4/h6-11,18-19H,5H2,1-4H3. The quantitative estimate of drug-likeness (QED) is 0.911. The molecule has 2 aromatic rings. The Bertz CT molecular complexity index is 585. The van der Waals surface area contributed by atoms with E-state index in [0.29, 0.717) is 0 Å². The average molecular weight is 270 g/mol. The summed E-state index contributed by atoms with van der Waals surface area (Å²) in [6.45, 7) is 6.16. The summed E-state index contributed by atoms with van der Waals surface area (Å²) in [4.78, 5) is 0. The van der Waals surface area contributed by atoms with Crippen LogP contribution in [0.25, 0.3) is 0 Å². The molecule has 0 aromatic heterocycles. The van der Waals surface area contributed by atoms with E-state index in [-0.39, 0.29) is 0 Å². The van der Waals surface area contributed by atoms with E-state index >= 15 is 0 Å². The third-order valence-corrected chi connectivity index (χ3v) is 3.69. The predicted octanol–water partition coefficient (Wildman–Crippen LogP) is 3.96. The van der Waals surface area contributed by atoms with Crippen molar-refractivity contribution in [3.8, 4) is 5.75 Å². The van der Waals surface area contributed by atoms with E-state index in [1.54, 1.807) is 7.11 Å². The Balaban J connectivity index is 2.44. The van der Waals surface area contributed by atoms with Crippen LogP contribution >= 0.6 is 0 Å². The predicted molar refractivity (Wildman–Crippen MR) is 82.3 cm³/mol. The van der Waals surface area contributed by atoms with Gasteiger partial charge in [-0.2, -0.15) is 0 Å². The van der Waals surface area contributed by atoms with Crippen molar-refractivity contribution < 1.29 is 9.84 Å². The first-order valence-electron chi connectivity index (χ1n) is 6.98. The summed E-state index contributed by atoms with van der Waals surface area (Å²) in [6.07, 6.45) is 0.347. The zero-order chi connectivity index (χ0) is 14.7. The fourth-order valence-electron chi connectivity index (χ4n) is 2.56. The number of benzene rings is 2. The molecule has 106 valence electrons. The monoisotopic (exact) mass is 270 g/mol. The summed E-state index contributed by atoms with van der Waals surface area (Å²) in [5.41, 5.74) is 5.20. The van der Waals surface area contributed by atoms with E-state index in [1.165, 1.54) is 5.56 Å². The number of rotatable bonds is 4. The lowest BCUT2D eigenvalue weighted by molar-refractivity contribution is 0.214. The van der Waals surface area contributed by atoms with Crippen molar-refractivity contribution in [3.05, 3.63) is 64.2 Å². The molecule has 0 radical (unpaired) electrons. The molecule has 2 heteroatoms. The molecule has 0 aliphatic heterocycles. The minimum Gasteiger partial charge on any atom is -0.496 e. The normalized spacial score (nSPS) is 12.2. The van der Waals surface area contributed by atoms with E-state index in [0.717, 1.165) is 34.4 Å². The van der Waals surface area contributed by atoms with Crippen LogP contribution < -0.4 is 4.74 Å². The van der Waals surface area contributed by atoms with E-state index < -0.39 is 6.10 Å². The van der Waals surface area contributed by atoms with Gasteiger partial charge in [0.15, 0.2) is 0 Å². The van der Waals surface area contributed by atoms with Gasteiger partial charge in [-0.15, -0.1) is 0 Å². The fraction of sp³-hybridized carbons (Fsp3) is 0.333. The fourth-order valence-corrected chi connectivity index (χ4v) is 2.56. The third kappa shape index (κ3) is 2.86. The SMILES string of the molecule is CCc1ccc(C(O)c2c(C)cc(C)cc2OC)cc1. The lowest BCUT2D eigenvalue weighted by atomic mass is 9.94. The van der Waals surface area contributed by atoms with Crippen LogP contribution in [-0.4, -0.2) is 12.2 Å². The number of aryl methyl sites for hydroxylation is 3. The molecule has 0 aliphatic rings. The van der Waals surface area contributed by atoms with Gasteiger partial charge in [0.25, 0.3) is 0 Å². The molecule has 1 N–H and O–H groups in total. The van der Waals surface area contributed by atoms with Crippen LogP contribution in [0, 0.1) is 13.8 Å². The van der Waals surface area contributed by atoms with Gasteiger partial charge in [0.05, 0.1) is 7.11 Å². The van der Waals surface area contributed by atoms with Gasteiger partial charge >= 0.3 is 0 Å². The van der Waals surface area contributed by atoms with E-state index in [1.807, 2.05) is 32.0 Å². The molecule has 2 rings (SSSR count). The van der Waals surface area contributed by atoms with Crippen LogP contribution in [0.15, 0.2) is 36.4 Å². The highest BCUT2D eigenvalue weighted by molar-refractivity contribution is 5.47. The molecule has 0 spiro atoms. The highest BCUT2D eigenvalue weighted by atomic mass is 16.5. The molecule has 0 saturated heterocycles. The maximum absolute atomic E-state index is 10.7. The smallest absolute Gasteiger partial charge is 0.125 e. The summed E-state index contributed by atoms with van der Waals surface area (Å²) < 4.78 is 5.43. The highest BCUT2D eigenvalue weighted by Gasteiger charge is 2.18. The molecule has 0 saturated carbocycles. The first-order valence-corrected chi connectivity index (χ1v) is 6.98. The molecule has 0 fully saturated rings. The van der Waals surface area contributed by atoms with Crippen LogP contribution in [-0.2, 0) is 6.42 Å². The Labute approximate surface area is 121 Å². The second-order valence-corrected chi connectivity index (χ2v) is 5.20. The minimum absolute atomic E-state index is 0.656. The maximum atomic E-state index is 10.7. The van der Waals surface area contributed by atoms with Crippen LogP contribution in [0.2, 0.25) is 0 Å². The topological polar surface area (TPSA) is 29.5 Å². The van der Waals surface area contributed by atoms with Crippen molar-refractivity contribution in [2.75, 3.05) is 7.11 Å². The molecule has 0 bridgehead atoms. The van der Waals surface area contributed by atoms with E-state index in [2.05, 4.69) is 25.1 Å². The first-order chi connectivity index (χ1) is 9.56. The molecular formula is C18H22O2. The number of aliphatic hydroxyl groups excluding tert-OH is 1. The lowest BCUT2D eigenvalue weighted by Crippen LogP contribution is -2.05. The summed E-state index contributed by atoms with van der Waals surface area (Å²) in [6, 6.07) is 12.1. The van der Waals surface area contributed by atoms with Gasteiger partial charge in [0.1, 0.15) is 11.9 Å². The minimum atomic E-state index is -0.656. The molecule has 2 nitrogen and oxygen atoms in total. The van der Waals surface area contributed by atoms with Crippen LogP contribution in [0.3, 0.4) is 0 Å². The van der Waals surface area contributed by atoms with Gasteiger partial charge in [-0.25, -0.2) is 0 Å². The Morgan fingerprint density at radius 2 is 1.75 bits per heavy atom. The molecule has 20 heavy (non-hydrogen) atoms. The van der Waals surface area contributed by atoms with Crippen molar-refractivity contribution in [1.29, 1.82) is 0 Å². The van der Waals surface area contributed by atoms with Crippen molar-refractivity contribution in [1.82, 2.24) is 0 Å². The Kier molecular flexibility index (Phi) is 4.46. The van der Waals surface area contributed by atoms with Gasteiger partial charge in [-0.1, -0.05) is 37.3 Å². The summed E-state index contributed by atoms with van der Waals surface area (Å²) in [5.74, 6) is 0.745. The van der Waals surface area contributed by atoms with E-state index in [9.17, 15) is 5.11 Å². The third-order valence-electron chi connectivity index (χ3n) is 3.69. The van der Waals surface area contributed by atoms with E-state index in [4.69, 9.17) is 4.74 Å². The molecule has 1 unspecified atom stereocenters. The molecule has 0 heterocycles. The van der Waals surface area contributed by atoms with Crippen molar-refractivity contribution in [2.45, 2.75) is 33.3 Å². The highest BCUT2D eigenvalue weighted by Crippen LogP contribution is 2.33. The molecular weight excluding hydrogens is 248 g/mol.